The SMILES string of the molecule is CCOC(=O)[C@H](NCc1ccc(Cl)cc1)[C@H](O)[C@H](Cc1ccc(OC)cc1)NC(=O)OC(C)(C)C. The predicted octanol–water partition coefficient (Wildman–Crippen LogP) is 3.87. The van der Waals surface area contributed by atoms with Crippen molar-refractivity contribution in [1.82, 2.24) is 10.6 Å². The van der Waals surface area contributed by atoms with Gasteiger partial charge in [-0.25, -0.2) is 4.79 Å². The van der Waals surface area contributed by atoms with Crippen LogP contribution in [0.4, 0.5) is 4.79 Å². The van der Waals surface area contributed by atoms with Gasteiger partial charge in [-0.3, -0.25) is 10.1 Å². The van der Waals surface area contributed by atoms with Crippen LogP contribution >= 0.6 is 11.6 Å². The van der Waals surface area contributed by atoms with Crippen LogP contribution in [0.25, 0.3) is 0 Å². The lowest BCUT2D eigenvalue weighted by Crippen LogP contribution is -2.57. The molecule has 1 amide bonds. The molecule has 2 rings (SSSR count). The molecule has 0 unspecified atom stereocenters. The maximum absolute atomic E-state index is 12.8. The van der Waals surface area contributed by atoms with Gasteiger partial charge in [0.15, 0.2) is 0 Å². The second-order valence-electron chi connectivity index (χ2n) is 9.03. The highest BCUT2D eigenvalue weighted by Gasteiger charge is 2.35. The van der Waals surface area contributed by atoms with E-state index in [1.807, 2.05) is 24.3 Å². The summed E-state index contributed by atoms with van der Waals surface area (Å²) in [4.78, 5) is 25.4. The second-order valence-corrected chi connectivity index (χ2v) is 9.47. The van der Waals surface area contributed by atoms with E-state index in [2.05, 4.69) is 10.6 Å². The van der Waals surface area contributed by atoms with Gasteiger partial charge < -0.3 is 24.6 Å². The smallest absolute Gasteiger partial charge is 0.407 e. The number of hydrogen-bond donors (Lipinski definition) is 3. The zero-order chi connectivity index (χ0) is 26.0. The molecule has 0 aliphatic heterocycles. The second kappa shape index (κ2) is 13.3. The minimum absolute atomic E-state index is 0.146. The van der Waals surface area contributed by atoms with Gasteiger partial charge in [0.05, 0.1) is 19.8 Å². The lowest BCUT2D eigenvalue weighted by molar-refractivity contribution is -0.149. The molecule has 8 nitrogen and oxygen atoms in total. The molecular formula is C26H35ClN2O6. The minimum atomic E-state index is -1.32. The number of alkyl carbamates (subject to hydrolysis) is 1. The highest BCUT2D eigenvalue weighted by Crippen LogP contribution is 2.17. The summed E-state index contributed by atoms with van der Waals surface area (Å²) in [5.41, 5.74) is 0.960. The Morgan fingerprint density at radius 2 is 1.63 bits per heavy atom. The van der Waals surface area contributed by atoms with Crippen LogP contribution in [0.5, 0.6) is 5.75 Å². The highest BCUT2D eigenvalue weighted by atomic mass is 35.5. The molecule has 0 spiro atoms. The number of rotatable bonds is 11. The monoisotopic (exact) mass is 506 g/mol. The quantitative estimate of drug-likeness (QED) is 0.397. The number of ether oxygens (including phenoxy) is 3. The lowest BCUT2D eigenvalue weighted by atomic mass is 9.96. The van der Waals surface area contributed by atoms with Gasteiger partial charge in [-0.15, -0.1) is 0 Å². The first-order chi connectivity index (χ1) is 16.5. The zero-order valence-electron chi connectivity index (χ0n) is 20.8. The van der Waals surface area contributed by atoms with E-state index in [1.165, 1.54) is 0 Å². The van der Waals surface area contributed by atoms with Crippen molar-refractivity contribution in [3.05, 3.63) is 64.7 Å². The van der Waals surface area contributed by atoms with Crippen molar-refractivity contribution >= 4 is 23.7 Å². The van der Waals surface area contributed by atoms with E-state index in [4.69, 9.17) is 25.8 Å². The molecule has 0 saturated carbocycles. The first-order valence-electron chi connectivity index (χ1n) is 11.5. The number of hydrogen-bond acceptors (Lipinski definition) is 7. The highest BCUT2D eigenvalue weighted by molar-refractivity contribution is 6.30. The van der Waals surface area contributed by atoms with Crippen LogP contribution in [0.2, 0.25) is 5.02 Å². The summed E-state index contributed by atoms with van der Waals surface area (Å²) in [5, 5.41) is 17.7. The normalized spacial score (nSPS) is 13.9. The summed E-state index contributed by atoms with van der Waals surface area (Å²) in [5.74, 6) is 0.0552. The van der Waals surface area contributed by atoms with Gasteiger partial charge in [-0.1, -0.05) is 35.9 Å². The number of aliphatic hydroxyl groups is 1. The summed E-state index contributed by atoms with van der Waals surface area (Å²) >= 11 is 5.95. The summed E-state index contributed by atoms with van der Waals surface area (Å²) in [6.45, 7) is 7.35. The van der Waals surface area contributed by atoms with Gasteiger partial charge >= 0.3 is 12.1 Å². The molecule has 3 atom stereocenters. The van der Waals surface area contributed by atoms with Crippen LogP contribution in [0.3, 0.4) is 0 Å². The summed E-state index contributed by atoms with van der Waals surface area (Å²) in [7, 11) is 1.57. The number of amides is 1. The van der Waals surface area contributed by atoms with Gasteiger partial charge in [-0.05, 0) is 69.5 Å². The Kier molecular flexibility index (Phi) is 10.8. The molecule has 2 aromatic carbocycles. The van der Waals surface area contributed by atoms with Gasteiger partial charge in [0.2, 0.25) is 0 Å². The first-order valence-corrected chi connectivity index (χ1v) is 11.8. The molecule has 0 fully saturated rings. The Balaban J connectivity index is 2.27. The van der Waals surface area contributed by atoms with Crippen molar-refractivity contribution in [1.29, 1.82) is 0 Å². The number of carbonyl (C=O) groups is 2. The van der Waals surface area contributed by atoms with Crippen molar-refractivity contribution in [3.8, 4) is 5.75 Å². The van der Waals surface area contributed by atoms with E-state index in [9.17, 15) is 14.7 Å². The molecule has 0 heterocycles. The van der Waals surface area contributed by atoms with Crippen molar-refractivity contribution in [3.63, 3.8) is 0 Å². The third-order valence-corrected chi connectivity index (χ3v) is 5.30. The Morgan fingerprint density at radius 1 is 1.03 bits per heavy atom. The Hall–Kier alpha value is -2.81. The third kappa shape index (κ3) is 9.76. The molecule has 9 heteroatoms. The van der Waals surface area contributed by atoms with Crippen molar-refractivity contribution < 1.29 is 28.9 Å². The third-order valence-electron chi connectivity index (χ3n) is 5.05. The van der Waals surface area contributed by atoms with Crippen LogP contribution in [0.1, 0.15) is 38.8 Å². The fraction of sp³-hybridized carbons (Fsp3) is 0.462. The predicted molar refractivity (Wildman–Crippen MR) is 135 cm³/mol. The maximum Gasteiger partial charge on any atom is 0.407 e. The van der Waals surface area contributed by atoms with E-state index in [0.717, 1.165) is 11.1 Å². The Morgan fingerprint density at radius 3 is 2.17 bits per heavy atom. The van der Waals surface area contributed by atoms with E-state index in [0.29, 0.717) is 10.8 Å². The molecule has 0 bridgehead atoms. The number of nitrogens with one attached hydrogen (secondary N) is 2. The number of esters is 1. The molecule has 0 saturated heterocycles. The fourth-order valence-electron chi connectivity index (χ4n) is 3.37. The van der Waals surface area contributed by atoms with Crippen molar-refractivity contribution in [2.45, 2.75) is 64.4 Å². The fourth-order valence-corrected chi connectivity index (χ4v) is 3.50. The number of aliphatic hydroxyl groups excluding tert-OH is 1. The van der Waals surface area contributed by atoms with Crippen LogP contribution in [-0.2, 0) is 27.2 Å². The molecule has 0 radical (unpaired) electrons. The molecule has 35 heavy (non-hydrogen) atoms. The summed E-state index contributed by atoms with van der Waals surface area (Å²) in [6.07, 6.45) is -1.78. The molecular weight excluding hydrogens is 472 g/mol. The molecule has 0 aliphatic carbocycles. The number of halogens is 1. The van der Waals surface area contributed by atoms with Crippen LogP contribution in [-0.4, -0.2) is 54.7 Å². The van der Waals surface area contributed by atoms with E-state index >= 15 is 0 Å². The first kappa shape index (κ1) is 28.4. The van der Waals surface area contributed by atoms with Gasteiger partial charge in [-0.2, -0.15) is 0 Å². The minimum Gasteiger partial charge on any atom is -0.497 e. The van der Waals surface area contributed by atoms with Crippen molar-refractivity contribution in [2.75, 3.05) is 13.7 Å². The van der Waals surface area contributed by atoms with Crippen LogP contribution in [0.15, 0.2) is 48.5 Å². The largest absolute Gasteiger partial charge is 0.497 e. The van der Waals surface area contributed by atoms with Crippen LogP contribution in [0, 0.1) is 0 Å². The van der Waals surface area contributed by atoms with Crippen LogP contribution < -0.4 is 15.4 Å². The number of carbonyl (C=O) groups excluding carboxylic acids is 2. The topological polar surface area (TPSA) is 106 Å². The average molecular weight is 507 g/mol. The van der Waals surface area contributed by atoms with Gasteiger partial charge in [0, 0.05) is 11.6 Å². The maximum atomic E-state index is 12.8. The molecule has 192 valence electrons. The molecule has 3 N–H and O–H groups in total. The molecule has 0 aliphatic rings. The van der Waals surface area contributed by atoms with Gasteiger partial charge in [0.1, 0.15) is 23.5 Å². The Labute approximate surface area is 211 Å². The number of methoxy groups -OCH3 is 1. The molecule has 2 aromatic rings. The average Bonchev–Trinajstić information content (AvgIpc) is 2.79. The Bertz CT molecular complexity index is 944. The lowest BCUT2D eigenvalue weighted by Gasteiger charge is -2.31. The number of benzene rings is 2. The van der Waals surface area contributed by atoms with E-state index < -0.39 is 35.9 Å². The molecule has 0 aromatic heterocycles. The van der Waals surface area contributed by atoms with E-state index in [-0.39, 0.29) is 19.6 Å². The van der Waals surface area contributed by atoms with Gasteiger partial charge in [0.25, 0.3) is 0 Å². The zero-order valence-corrected chi connectivity index (χ0v) is 21.6. The summed E-state index contributed by atoms with van der Waals surface area (Å²) in [6, 6.07) is 12.4. The van der Waals surface area contributed by atoms with Crippen molar-refractivity contribution in [2.24, 2.45) is 0 Å². The summed E-state index contributed by atoms with van der Waals surface area (Å²) < 4.78 is 15.8. The standard InChI is InChI=1S/C26H35ClN2O6/c1-6-34-24(31)22(28-16-18-7-11-19(27)12-8-18)23(30)21(29-25(32)35-26(2,3)4)15-17-9-13-20(33-5)14-10-17/h7-14,21-23,28,30H,6,15-16H2,1-5H3,(H,29,32)/t21-,22+,23+/m0/s1. The van der Waals surface area contributed by atoms with E-state index in [1.54, 1.807) is 59.1 Å².